The van der Waals surface area contributed by atoms with Crippen molar-refractivity contribution >= 4 is 12.1 Å². The molecule has 2 bridgehead atoms. The van der Waals surface area contributed by atoms with Gasteiger partial charge in [0.2, 0.25) is 0 Å². The quantitative estimate of drug-likeness (QED) is 0.558. The summed E-state index contributed by atoms with van der Waals surface area (Å²) in [6, 6.07) is 0. The van der Waals surface area contributed by atoms with E-state index < -0.39 is 17.8 Å². The van der Waals surface area contributed by atoms with E-state index in [1.807, 2.05) is 20.8 Å². The molecule has 152 valence electrons. The van der Waals surface area contributed by atoms with Crippen LogP contribution < -0.4 is 0 Å². The minimum Gasteiger partial charge on any atom is -0.506 e. The molecular weight excluding hydrogens is 358 g/mol. The van der Waals surface area contributed by atoms with Gasteiger partial charge in [-0.3, -0.25) is 4.79 Å². The first-order chi connectivity index (χ1) is 13.1. The third-order valence-electron chi connectivity index (χ3n) is 5.91. The van der Waals surface area contributed by atoms with Gasteiger partial charge in [0.15, 0.2) is 5.79 Å². The third-order valence-corrected chi connectivity index (χ3v) is 5.91. The summed E-state index contributed by atoms with van der Waals surface area (Å²) in [7, 11) is 0. The Bertz CT molecular complexity index is 806. The molecule has 2 N–H and O–H groups in total. The van der Waals surface area contributed by atoms with Gasteiger partial charge in [-0.25, -0.2) is 4.99 Å². The Labute approximate surface area is 165 Å². The predicted octanol–water partition coefficient (Wildman–Crippen LogP) is 3.40. The summed E-state index contributed by atoms with van der Waals surface area (Å²) in [4.78, 5) is 15.1. The Hall–Kier alpha value is -2.02. The molecule has 1 unspecified atom stereocenters. The molecule has 1 amide bonds. The van der Waals surface area contributed by atoms with Crippen LogP contribution >= 0.6 is 0 Å². The van der Waals surface area contributed by atoms with E-state index in [0.29, 0.717) is 0 Å². The van der Waals surface area contributed by atoms with E-state index in [0.717, 1.165) is 23.8 Å². The Morgan fingerprint density at radius 1 is 1.43 bits per heavy atom. The number of aliphatic hydroxyl groups excluding tert-OH is 2. The maximum absolute atomic E-state index is 11.6. The van der Waals surface area contributed by atoms with Gasteiger partial charge in [0.25, 0.3) is 5.91 Å². The van der Waals surface area contributed by atoms with Crippen molar-refractivity contribution in [3.63, 3.8) is 0 Å². The predicted molar refractivity (Wildman–Crippen MR) is 107 cm³/mol. The van der Waals surface area contributed by atoms with Crippen LogP contribution in [0.3, 0.4) is 0 Å². The van der Waals surface area contributed by atoms with Crippen molar-refractivity contribution in [3.05, 3.63) is 46.8 Å². The van der Waals surface area contributed by atoms with Gasteiger partial charge in [-0.05, 0) is 32.8 Å². The largest absolute Gasteiger partial charge is 0.506 e. The monoisotopic (exact) mass is 387 g/mol. The van der Waals surface area contributed by atoms with Crippen molar-refractivity contribution in [1.29, 1.82) is 0 Å². The molecule has 28 heavy (non-hydrogen) atoms. The van der Waals surface area contributed by atoms with Gasteiger partial charge in [0.1, 0.15) is 11.9 Å². The summed E-state index contributed by atoms with van der Waals surface area (Å²) in [5.74, 6) is -1.18. The summed E-state index contributed by atoms with van der Waals surface area (Å²) in [6.07, 6.45) is 8.43. The number of hydrogen-bond acceptors (Lipinski definition) is 5. The Balaban J connectivity index is 1.70. The van der Waals surface area contributed by atoms with Gasteiger partial charge in [-0.15, -0.1) is 0 Å². The molecule has 6 heteroatoms. The number of carbonyl (C=O) groups is 1. The van der Waals surface area contributed by atoms with Crippen LogP contribution in [0.5, 0.6) is 0 Å². The summed E-state index contributed by atoms with van der Waals surface area (Å²) in [5.41, 5.74) is 1.94. The first-order valence-corrected chi connectivity index (χ1v) is 9.71. The fourth-order valence-corrected chi connectivity index (χ4v) is 4.07. The summed E-state index contributed by atoms with van der Waals surface area (Å²) < 4.78 is 12.5. The first kappa shape index (κ1) is 20.7. The number of hydrogen-bond donors (Lipinski definition) is 2. The van der Waals surface area contributed by atoms with Crippen molar-refractivity contribution < 1.29 is 24.5 Å². The molecule has 6 atom stereocenters. The van der Waals surface area contributed by atoms with E-state index in [9.17, 15) is 15.0 Å². The summed E-state index contributed by atoms with van der Waals surface area (Å²) in [6.45, 7) is 10.2. The lowest BCUT2D eigenvalue weighted by Gasteiger charge is -2.50. The van der Waals surface area contributed by atoms with Gasteiger partial charge in [0, 0.05) is 11.8 Å². The molecule has 0 aromatic rings. The summed E-state index contributed by atoms with van der Waals surface area (Å²) in [5, 5.41) is 19.8. The normalized spacial score (nSPS) is 35.5. The average molecular weight is 387 g/mol. The van der Waals surface area contributed by atoms with Crippen LogP contribution in [0.4, 0.5) is 0 Å². The number of aliphatic imine (C=N–C) groups is 1. The van der Waals surface area contributed by atoms with Crippen LogP contribution in [-0.2, 0) is 14.3 Å². The molecule has 0 spiro atoms. The number of allylic oxidation sites excluding steroid dienone is 3. The van der Waals surface area contributed by atoms with Gasteiger partial charge >= 0.3 is 0 Å². The highest BCUT2D eigenvalue weighted by Crippen LogP contribution is 2.43. The lowest BCUT2D eigenvalue weighted by molar-refractivity contribution is -0.318. The molecule has 0 aliphatic carbocycles. The molecule has 0 aromatic carbocycles. The van der Waals surface area contributed by atoms with E-state index in [-0.39, 0.29) is 35.4 Å². The van der Waals surface area contributed by atoms with E-state index >= 15 is 0 Å². The number of rotatable bonds is 5. The number of carbonyl (C=O) groups excluding carboxylic acids is 1. The highest BCUT2D eigenvalue weighted by atomic mass is 16.7. The smallest absolute Gasteiger partial charge is 0.279 e. The van der Waals surface area contributed by atoms with Crippen LogP contribution in [-0.4, -0.2) is 46.4 Å². The second-order valence-corrected chi connectivity index (χ2v) is 8.10. The minimum absolute atomic E-state index is 0.0113. The Kier molecular flexibility index (Phi) is 5.75. The average Bonchev–Trinajstić information content (AvgIpc) is 2.97. The second-order valence-electron chi connectivity index (χ2n) is 8.10. The molecule has 1 saturated heterocycles. The minimum atomic E-state index is -1.20. The SMILES string of the molecule is CC1=CC[C@H]2O[C@]1(C)O[C@H]([C@H](C)/C=C(C)/C=C/C(O)C1=C(O)C=NC1=O)[C@H]2C. The highest BCUT2D eigenvalue weighted by Gasteiger charge is 2.47. The number of aliphatic hydroxyl groups is 2. The number of nitrogens with zero attached hydrogens (tertiary/aromatic N) is 1. The second kappa shape index (κ2) is 7.78. The van der Waals surface area contributed by atoms with E-state index in [2.05, 4.69) is 31.0 Å². The van der Waals surface area contributed by atoms with Crippen molar-refractivity contribution in [1.82, 2.24) is 0 Å². The molecule has 3 aliphatic rings. The number of fused-ring (bicyclic) bond motifs is 2. The van der Waals surface area contributed by atoms with Crippen molar-refractivity contribution in [2.75, 3.05) is 0 Å². The van der Waals surface area contributed by atoms with Crippen LogP contribution in [0.2, 0.25) is 0 Å². The number of ether oxygens (including phenoxy) is 2. The van der Waals surface area contributed by atoms with Crippen LogP contribution in [0, 0.1) is 11.8 Å². The first-order valence-electron chi connectivity index (χ1n) is 9.71. The van der Waals surface area contributed by atoms with Crippen LogP contribution in [0.1, 0.15) is 41.0 Å². The molecular formula is C22H29NO5. The molecule has 0 saturated carbocycles. The van der Waals surface area contributed by atoms with Gasteiger partial charge in [0.05, 0.1) is 24.0 Å². The lowest BCUT2D eigenvalue weighted by Crippen LogP contribution is -2.55. The highest BCUT2D eigenvalue weighted by molar-refractivity contribution is 6.10. The fourth-order valence-electron chi connectivity index (χ4n) is 4.07. The third kappa shape index (κ3) is 3.90. The standard InChI is InChI=1S/C22H29NO5/c1-12(6-8-16(24)19-17(25)11-23-21(19)26)10-13(2)20-15(4)18-9-7-14(3)22(5,27-18)28-20/h6-8,10-11,13,15-16,18,20,24-25H,9H2,1-5H3/b8-6+,12-10+/t13-,15+,16?,18-,20-,22-/m1/s1. The van der Waals surface area contributed by atoms with Crippen molar-refractivity contribution in [2.45, 2.75) is 65.1 Å². The maximum Gasteiger partial charge on any atom is 0.279 e. The topological polar surface area (TPSA) is 88.3 Å². The van der Waals surface area contributed by atoms with E-state index in [4.69, 9.17) is 9.47 Å². The molecule has 6 nitrogen and oxygen atoms in total. The zero-order valence-corrected chi connectivity index (χ0v) is 17.0. The molecule has 3 aliphatic heterocycles. The molecule has 1 fully saturated rings. The van der Waals surface area contributed by atoms with Crippen LogP contribution in [0.15, 0.2) is 51.8 Å². The molecule has 3 heterocycles. The van der Waals surface area contributed by atoms with E-state index in [1.54, 1.807) is 6.08 Å². The Morgan fingerprint density at radius 2 is 2.14 bits per heavy atom. The molecule has 0 radical (unpaired) electrons. The van der Waals surface area contributed by atoms with Gasteiger partial charge in [-0.2, -0.15) is 0 Å². The Morgan fingerprint density at radius 3 is 2.79 bits per heavy atom. The van der Waals surface area contributed by atoms with Gasteiger partial charge < -0.3 is 19.7 Å². The summed E-state index contributed by atoms with van der Waals surface area (Å²) >= 11 is 0. The molecule has 3 rings (SSSR count). The zero-order valence-electron chi connectivity index (χ0n) is 17.0. The number of amides is 1. The lowest BCUT2D eigenvalue weighted by atomic mass is 9.82. The van der Waals surface area contributed by atoms with Crippen molar-refractivity contribution in [2.24, 2.45) is 16.8 Å². The fraction of sp³-hybridized carbons (Fsp3) is 0.545. The molecule has 0 aromatic heterocycles. The zero-order chi connectivity index (χ0) is 20.6. The van der Waals surface area contributed by atoms with E-state index in [1.165, 1.54) is 6.08 Å². The maximum atomic E-state index is 11.6. The van der Waals surface area contributed by atoms with Crippen molar-refractivity contribution in [3.8, 4) is 0 Å². The van der Waals surface area contributed by atoms with Crippen LogP contribution in [0.25, 0.3) is 0 Å². The van der Waals surface area contributed by atoms with Gasteiger partial charge in [-0.1, -0.05) is 43.7 Å².